The Morgan fingerprint density at radius 3 is 2.50 bits per heavy atom. The van der Waals surface area contributed by atoms with Crippen molar-refractivity contribution >= 4 is 35.0 Å². The highest BCUT2D eigenvalue weighted by atomic mass is 32.2. The largest absolute Gasteiger partial charge is 0.444 e. The summed E-state index contributed by atoms with van der Waals surface area (Å²) in [5.74, 6) is 1.14. The van der Waals surface area contributed by atoms with Gasteiger partial charge in [0.1, 0.15) is 5.60 Å². The number of hydrogen-bond acceptors (Lipinski definition) is 5. The first-order chi connectivity index (χ1) is 12.3. The van der Waals surface area contributed by atoms with Crippen molar-refractivity contribution in [2.75, 3.05) is 5.75 Å². The van der Waals surface area contributed by atoms with E-state index in [2.05, 4.69) is 16.8 Å². The van der Waals surface area contributed by atoms with Crippen molar-refractivity contribution in [2.24, 2.45) is 0 Å². The van der Waals surface area contributed by atoms with Crippen LogP contribution in [0.2, 0.25) is 0 Å². The van der Waals surface area contributed by atoms with Gasteiger partial charge in [-0.3, -0.25) is 4.79 Å². The molecule has 140 valence electrons. The van der Waals surface area contributed by atoms with Gasteiger partial charge in [-0.05, 0) is 55.1 Å². The molecule has 0 bridgehead atoms. The molecule has 1 aromatic carbocycles. The molecular weight excluding hydrogens is 366 g/mol. The minimum absolute atomic E-state index is 0.0000539. The molecule has 1 atom stereocenters. The Morgan fingerprint density at radius 2 is 1.88 bits per heavy atom. The average Bonchev–Trinajstić information content (AvgIpc) is 3.06. The van der Waals surface area contributed by atoms with Crippen LogP contribution in [0, 0.1) is 0 Å². The fourth-order valence-electron chi connectivity index (χ4n) is 2.29. The number of thioether (sulfide) groups is 1. The molecule has 1 amide bonds. The molecule has 1 aromatic heterocycles. The van der Waals surface area contributed by atoms with Crippen molar-refractivity contribution in [3.05, 3.63) is 58.3 Å². The Labute approximate surface area is 163 Å². The van der Waals surface area contributed by atoms with Crippen LogP contribution in [0.3, 0.4) is 0 Å². The van der Waals surface area contributed by atoms with Gasteiger partial charge in [0.15, 0.2) is 5.78 Å². The van der Waals surface area contributed by atoms with E-state index in [-0.39, 0.29) is 5.78 Å². The van der Waals surface area contributed by atoms with Crippen LogP contribution in [0.4, 0.5) is 4.79 Å². The second-order valence-corrected chi connectivity index (χ2v) is 8.74. The molecule has 2 aromatic rings. The SMILES string of the molecule is CC(C)(C)OC(=O)N[C@@H](Cc1ccccc1)C(=O)CSCc1ccsc1. The van der Waals surface area contributed by atoms with Crippen molar-refractivity contribution < 1.29 is 14.3 Å². The molecule has 4 nitrogen and oxygen atoms in total. The Bertz CT molecular complexity index is 694. The number of alkyl carbamates (subject to hydrolysis) is 1. The monoisotopic (exact) mass is 391 g/mol. The van der Waals surface area contributed by atoms with E-state index in [9.17, 15) is 9.59 Å². The minimum atomic E-state index is -0.599. The number of Topliss-reactive ketones (excluding diaryl/α,β-unsaturated/α-hetero) is 1. The van der Waals surface area contributed by atoms with E-state index in [1.165, 1.54) is 5.56 Å². The van der Waals surface area contributed by atoms with Crippen molar-refractivity contribution in [1.29, 1.82) is 0 Å². The second-order valence-electron chi connectivity index (χ2n) is 6.98. The van der Waals surface area contributed by atoms with E-state index in [1.54, 1.807) is 43.9 Å². The summed E-state index contributed by atoms with van der Waals surface area (Å²) in [4.78, 5) is 24.8. The summed E-state index contributed by atoms with van der Waals surface area (Å²) in [6.07, 6.45) is -0.104. The molecule has 0 aliphatic heterocycles. The van der Waals surface area contributed by atoms with Gasteiger partial charge in [0.05, 0.1) is 11.8 Å². The van der Waals surface area contributed by atoms with Crippen molar-refractivity contribution in [2.45, 2.75) is 44.6 Å². The van der Waals surface area contributed by atoms with Crippen LogP contribution in [-0.4, -0.2) is 29.3 Å². The average molecular weight is 392 g/mol. The highest BCUT2D eigenvalue weighted by molar-refractivity contribution is 7.99. The standard InChI is InChI=1S/C20H25NO3S2/c1-20(2,3)24-19(23)21-17(11-15-7-5-4-6-8-15)18(22)14-26-13-16-9-10-25-12-16/h4-10,12,17H,11,13-14H2,1-3H3,(H,21,23)/t17-/m0/s1. The third-order valence-corrected chi connectivity index (χ3v) is 5.21. The third kappa shape index (κ3) is 7.62. The molecule has 0 aliphatic rings. The van der Waals surface area contributed by atoms with Gasteiger partial charge < -0.3 is 10.1 Å². The number of ketones is 1. The van der Waals surface area contributed by atoms with Gasteiger partial charge in [-0.15, -0.1) is 11.8 Å². The summed E-state index contributed by atoms with van der Waals surface area (Å²) < 4.78 is 5.31. The number of carbonyl (C=O) groups excluding carboxylic acids is 2. The topological polar surface area (TPSA) is 55.4 Å². The van der Waals surface area contributed by atoms with E-state index < -0.39 is 17.7 Å². The number of nitrogens with one attached hydrogen (secondary N) is 1. The summed E-state index contributed by atoms with van der Waals surface area (Å²) in [7, 11) is 0. The smallest absolute Gasteiger partial charge is 0.408 e. The fraction of sp³-hybridized carbons (Fsp3) is 0.400. The highest BCUT2D eigenvalue weighted by Gasteiger charge is 2.24. The van der Waals surface area contributed by atoms with E-state index in [4.69, 9.17) is 4.74 Å². The zero-order chi connectivity index (χ0) is 19.0. The number of amides is 1. The fourth-order valence-corrected chi connectivity index (χ4v) is 3.98. The molecule has 0 unspecified atom stereocenters. The lowest BCUT2D eigenvalue weighted by molar-refractivity contribution is -0.118. The van der Waals surface area contributed by atoms with Crippen LogP contribution in [-0.2, 0) is 21.7 Å². The Hall–Kier alpha value is -1.79. The Balaban J connectivity index is 1.96. The molecule has 0 fully saturated rings. The molecule has 0 radical (unpaired) electrons. The summed E-state index contributed by atoms with van der Waals surface area (Å²) >= 11 is 3.21. The zero-order valence-electron chi connectivity index (χ0n) is 15.4. The molecule has 0 spiro atoms. The number of thiophene rings is 1. The maximum Gasteiger partial charge on any atom is 0.408 e. The molecule has 6 heteroatoms. The van der Waals surface area contributed by atoms with Crippen LogP contribution in [0.25, 0.3) is 0 Å². The number of rotatable bonds is 8. The Morgan fingerprint density at radius 1 is 1.15 bits per heavy atom. The number of hydrogen-bond donors (Lipinski definition) is 1. The molecule has 1 heterocycles. The summed E-state index contributed by atoms with van der Waals surface area (Å²) in [5, 5.41) is 6.85. The number of benzene rings is 1. The predicted molar refractivity (Wildman–Crippen MR) is 109 cm³/mol. The molecule has 0 saturated carbocycles. The molecular formula is C20H25NO3S2. The summed E-state index contributed by atoms with van der Waals surface area (Å²) in [6.45, 7) is 5.41. The van der Waals surface area contributed by atoms with Gasteiger partial charge >= 0.3 is 6.09 Å². The van der Waals surface area contributed by atoms with Gasteiger partial charge in [0.2, 0.25) is 0 Å². The van der Waals surface area contributed by atoms with Gasteiger partial charge in [0.25, 0.3) is 0 Å². The molecule has 0 aliphatic carbocycles. The summed E-state index contributed by atoms with van der Waals surface area (Å²) in [5.41, 5.74) is 1.62. The maximum absolute atomic E-state index is 12.7. The first-order valence-electron chi connectivity index (χ1n) is 8.48. The lowest BCUT2D eigenvalue weighted by atomic mass is 10.0. The zero-order valence-corrected chi connectivity index (χ0v) is 17.0. The number of ether oxygens (including phenoxy) is 1. The molecule has 2 rings (SSSR count). The molecule has 1 N–H and O–H groups in total. The van der Waals surface area contributed by atoms with Crippen LogP contribution in [0.15, 0.2) is 47.2 Å². The third-order valence-electron chi connectivity index (χ3n) is 3.46. The van der Waals surface area contributed by atoms with E-state index >= 15 is 0 Å². The normalized spacial score (nSPS) is 12.4. The second kappa shape index (κ2) is 9.78. The lowest BCUT2D eigenvalue weighted by Gasteiger charge is -2.23. The van der Waals surface area contributed by atoms with Crippen molar-refractivity contribution in [3.8, 4) is 0 Å². The van der Waals surface area contributed by atoms with Crippen LogP contribution < -0.4 is 5.32 Å². The van der Waals surface area contributed by atoms with Gasteiger partial charge in [-0.2, -0.15) is 11.3 Å². The quantitative estimate of drug-likeness (QED) is 0.709. The Kier molecular flexibility index (Phi) is 7.72. The first kappa shape index (κ1) is 20.5. The number of carbonyl (C=O) groups is 2. The first-order valence-corrected chi connectivity index (χ1v) is 10.6. The van der Waals surface area contributed by atoms with Crippen LogP contribution >= 0.6 is 23.1 Å². The van der Waals surface area contributed by atoms with Crippen molar-refractivity contribution in [1.82, 2.24) is 5.32 Å². The van der Waals surface area contributed by atoms with Crippen LogP contribution in [0.5, 0.6) is 0 Å². The van der Waals surface area contributed by atoms with E-state index in [0.717, 1.165) is 11.3 Å². The molecule has 26 heavy (non-hydrogen) atoms. The van der Waals surface area contributed by atoms with Crippen LogP contribution in [0.1, 0.15) is 31.9 Å². The minimum Gasteiger partial charge on any atom is -0.444 e. The molecule has 0 saturated heterocycles. The summed E-state index contributed by atoms with van der Waals surface area (Å²) in [6, 6.07) is 11.2. The maximum atomic E-state index is 12.7. The van der Waals surface area contributed by atoms with E-state index in [0.29, 0.717) is 12.2 Å². The van der Waals surface area contributed by atoms with E-state index in [1.807, 2.05) is 35.7 Å². The van der Waals surface area contributed by atoms with Gasteiger partial charge in [-0.25, -0.2) is 4.79 Å². The predicted octanol–water partition coefficient (Wildman–Crippen LogP) is 4.69. The highest BCUT2D eigenvalue weighted by Crippen LogP contribution is 2.16. The van der Waals surface area contributed by atoms with Crippen molar-refractivity contribution in [3.63, 3.8) is 0 Å². The lowest BCUT2D eigenvalue weighted by Crippen LogP contribution is -2.45. The van der Waals surface area contributed by atoms with Gasteiger partial charge in [0, 0.05) is 5.75 Å². The van der Waals surface area contributed by atoms with Gasteiger partial charge in [-0.1, -0.05) is 30.3 Å².